The van der Waals surface area contributed by atoms with E-state index in [-0.39, 0.29) is 18.0 Å². The topological polar surface area (TPSA) is 61.4 Å². The van der Waals surface area contributed by atoms with Gasteiger partial charge in [-0.15, -0.1) is 11.3 Å². The van der Waals surface area contributed by atoms with Crippen LogP contribution in [0.15, 0.2) is 35.7 Å². The Balaban J connectivity index is 1.93. The number of anilines is 1. The number of nitrogens with one attached hydrogen (secondary N) is 2. The zero-order chi connectivity index (χ0) is 16.4. The maximum absolute atomic E-state index is 12.8. The molecule has 2 N–H and O–H groups in total. The first-order valence-corrected chi connectivity index (χ1v) is 8.47. The van der Waals surface area contributed by atoms with Crippen LogP contribution in [0, 0.1) is 0 Å². The molecule has 120 valence electrons. The lowest BCUT2D eigenvalue weighted by molar-refractivity contribution is -0.119. The Bertz CT molecular complexity index is 746. The van der Waals surface area contributed by atoms with Gasteiger partial charge in [0.05, 0.1) is 15.5 Å². The van der Waals surface area contributed by atoms with E-state index in [0.29, 0.717) is 23.7 Å². The summed E-state index contributed by atoms with van der Waals surface area (Å²) in [4.78, 5) is 26.5. The summed E-state index contributed by atoms with van der Waals surface area (Å²) in [5.41, 5.74) is 1.42. The molecule has 1 atom stereocenters. The zero-order valence-corrected chi connectivity index (χ0v) is 14.1. The van der Waals surface area contributed by atoms with Crippen molar-refractivity contribution in [3.05, 3.63) is 51.2 Å². The summed E-state index contributed by atoms with van der Waals surface area (Å²) in [5.74, 6) is -0.187. The molecule has 0 radical (unpaired) electrons. The molecule has 23 heavy (non-hydrogen) atoms. The highest BCUT2D eigenvalue weighted by Gasteiger charge is 2.34. The monoisotopic (exact) mass is 349 g/mol. The molecule has 0 saturated carbocycles. The Hall–Kier alpha value is -2.05. The molecule has 1 aliphatic rings. The first-order valence-electron chi connectivity index (χ1n) is 7.22. The van der Waals surface area contributed by atoms with E-state index in [1.807, 2.05) is 29.6 Å². The molecule has 1 aromatic carbocycles. The van der Waals surface area contributed by atoms with Gasteiger partial charge < -0.3 is 15.5 Å². The summed E-state index contributed by atoms with van der Waals surface area (Å²) in [6.07, 6.45) is -0.335. The molecule has 0 bridgehead atoms. The number of hydrogen-bond acceptors (Lipinski definition) is 4. The SMILES string of the molecule is CC(=O)NCCN1C(=O)c2ccccc2N[C@H]1c1sccc1Cl. The first kappa shape index (κ1) is 15.8. The molecule has 0 fully saturated rings. The van der Waals surface area contributed by atoms with E-state index in [2.05, 4.69) is 10.6 Å². The van der Waals surface area contributed by atoms with Crippen molar-refractivity contribution in [2.45, 2.75) is 13.1 Å². The van der Waals surface area contributed by atoms with E-state index in [1.165, 1.54) is 18.3 Å². The number of amides is 2. The summed E-state index contributed by atoms with van der Waals surface area (Å²) in [5, 5.41) is 8.63. The summed E-state index contributed by atoms with van der Waals surface area (Å²) in [7, 11) is 0. The number of fused-ring (bicyclic) bond motifs is 1. The van der Waals surface area contributed by atoms with Crippen LogP contribution in [0.5, 0.6) is 0 Å². The number of carbonyl (C=O) groups is 2. The van der Waals surface area contributed by atoms with Crippen molar-refractivity contribution in [1.29, 1.82) is 0 Å². The fourth-order valence-corrected chi connectivity index (χ4v) is 3.80. The second-order valence-corrected chi connectivity index (χ2v) is 6.56. The fraction of sp³-hybridized carbons (Fsp3) is 0.250. The smallest absolute Gasteiger partial charge is 0.257 e. The largest absolute Gasteiger partial charge is 0.360 e. The van der Waals surface area contributed by atoms with Crippen LogP contribution in [0.4, 0.5) is 5.69 Å². The maximum Gasteiger partial charge on any atom is 0.257 e. The van der Waals surface area contributed by atoms with E-state index < -0.39 is 0 Å². The summed E-state index contributed by atoms with van der Waals surface area (Å²) >= 11 is 7.76. The van der Waals surface area contributed by atoms with Crippen molar-refractivity contribution < 1.29 is 9.59 Å². The van der Waals surface area contributed by atoms with Crippen LogP contribution in [0.25, 0.3) is 0 Å². The molecule has 2 heterocycles. The molecule has 5 nitrogen and oxygen atoms in total. The molecule has 1 aliphatic heterocycles. The molecule has 1 aromatic heterocycles. The second kappa shape index (κ2) is 6.60. The van der Waals surface area contributed by atoms with Crippen LogP contribution in [0.1, 0.15) is 28.3 Å². The minimum Gasteiger partial charge on any atom is -0.360 e. The Morgan fingerprint density at radius 2 is 2.17 bits per heavy atom. The van der Waals surface area contributed by atoms with Crippen molar-refractivity contribution >= 4 is 40.4 Å². The Morgan fingerprint density at radius 1 is 1.39 bits per heavy atom. The number of hydrogen-bond donors (Lipinski definition) is 2. The van der Waals surface area contributed by atoms with E-state index >= 15 is 0 Å². The van der Waals surface area contributed by atoms with Gasteiger partial charge in [-0.2, -0.15) is 0 Å². The molecule has 2 amide bonds. The Labute approximate surface area is 143 Å². The van der Waals surface area contributed by atoms with Crippen molar-refractivity contribution in [3.8, 4) is 0 Å². The highest BCUT2D eigenvalue weighted by Crippen LogP contribution is 2.38. The van der Waals surface area contributed by atoms with Crippen LogP contribution in [0.2, 0.25) is 5.02 Å². The van der Waals surface area contributed by atoms with Crippen LogP contribution in [-0.2, 0) is 4.79 Å². The van der Waals surface area contributed by atoms with Crippen molar-refractivity contribution in [3.63, 3.8) is 0 Å². The lowest BCUT2D eigenvalue weighted by Gasteiger charge is -2.37. The van der Waals surface area contributed by atoms with Crippen molar-refractivity contribution in [2.75, 3.05) is 18.4 Å². The summed E-state index contributed by atoms with van der Waals surface area (Å²) in [6, 6.07) is 9.22. The lowest BCUT2D eigenvalue weighted by atomic mass is 10.1. The average molecular weight is 350 g/mol. The molecule has 0 spiro atoms. The molecular formula is C16H16ClN3O2S. The van der Waals surface area contributed by atoms with E-state index in [0.717, 1.165) is 10.6 Å². The van der Waals surface area contributed by atoms with E-state index in [9.17, 15) is 9.59 Å². The van der Waals surface area contributed by atoms with Crippen molar-refractivity contribution in [1.82, 2.24) is 10.2 Å². The van der Waals surface area contributed by atoms with Gasteiger partial charge in [-0.25, -0.2) is 0 Å². The zero-order valence-electron chi connectivity index (χ0n) is 12.5. The van der Waals surface area contributed by atoms with Gasteiger partial charge >= 0.3 is 0 Å². The quantitative estimate of drug-likeness (QED) is 0.891. The average Bonchev–Trinajstić information content (AvgIpc) is 2.95. The fourth-order valence-electron chi connectivity index (χ4n) is 2.58. The molecular weight excluding hydrogens is 334 g/mol. The third-order valence-corrected chi connectivity index (χ3v) is 5.05. The Morgan fingerprint density at radius 3 is 2.87 bits per heavy atom. The third-order valence-electron chi connectivity index (χ3n) is 3.64. The Kier molecular flexibility index (Phi) is 4.54. The van der Waals surface area contributed by atoms with Crippen LogP contribution in [0.3, 0.4) is 0 Å². The minimum absolute atomic E-state index is 0.0702. The van der Waals surface area contributed by atoms with Crippen LogP contribution in [-0.4, -0.2) is 29.8 Å². The van der Waals surface area contributed by atoms with Crippen LogP contribution < -0.4 is 10.6 Å². The first-order chi connectivity index (χ1) is 11.1. The predicted molar refractivity (Wildman–Crippen MR) is 91.9 cm³/mol. The van der Waals surface area contributed by atoms with E-state index in [1.54, 1.807) is 11.0 Å². The number of benzene rings is 1. The number of thiophene rings is 1. The van der Waals surface area contributed by atoms with Gasteiger partial charge in [0.2, 0.25) is 5.91 Å². The highest BCUT2D eigenvalue weighted by molar-refractivity contribution is 7.10. The summed E-state index contributed by atoms with van der Waals surface area (Å²) < 4.78 is 0. The van der Waals surface area contributed by atoms with E-state index in [4.69, 9.17) is 11.6 Å². The van der Waals surface area contributed by atoms with Gasteiger partial charge in [-0.3, -0.25) is 9.59 Å². The molecule has 0 unspecified atom stereocenters. The molecule has 3 rings (SSSR count). The summed E-state index contributed by atoms with van der Waals surface area (Å²) in [6.45, 7) is 2.25. The molecule has 0 saturated heterocycles. The number of carbonyl (C=O) groups excluding carboxylic acids is 2. The number of para-hydroxylation sites is 1. The maximum atomic E-state index is 12.8. The standard InChI is InChI=1S/C16H16ClN3O2S/c1-10(21)18-7-8-20-15(14-12(17)6-9-23-14)19-13-5-3-2-4-11(13)16(20)22/h2-6,9,15,19H,7-8H2,1H3,(H,18,21)/t15-/m1/s1. The normalized spacial score (nSPS) is 16.7. The molecule has 2 aromatic rings. The lowest BCUT2D eigenvalue weighted by Crippen LogP contribution is -2.46. The predicted octanol–water partition coefficient (Wildman–Crippen LogP) is 3.10. The van der Waals surface area contributed by atoms with Gasteiger partial charge in [-0.05, 0) is 23.6 Å². The van der Waals surface area contributed by atoms with Crippen LogP contribution >= 0.6 is 22.9 Å². The van der Waals surface area contributed by atoms with Gasteiger partial charge in [0.15, 0.2) is 0 Å². The molecule has 0 aliphatic carbocycles. The van der Waals surface area contributed by atoms with Gasteiger partial charge in [0, 0.05) is 25.7 Å². The number of rotatable bonds is 4. The van der Waals surface area contributed by atoms with Gasteiger partial charge in [-0.1, -0.05) is 23.7 Å². The van der Waals surface area contributed by atoms with Gasteiger partial charge in [0.1, 0.15) is 6.17 Å². The molecule has 7 heteroatoms. The number of nitrogens with zero attached hydrogens (tertiary/aromatic N) is 1. The third kappa shape index (κ3) is 3.18. The minimum atomic E-state index is -0.335. The highest BCUT2D eigenvalue weighted by atomic mass is 35.5. The van der Waals surface area contributed by atoms with Gasteiger partial charge in [0.25, 0.3) is 5.91 Å². The number of halogens is 1. The van der Waals surface area contributed by atoms with Crippen molar-refractivity contribution in [2.24, 2.45) is 0 Å². The second-order valence-electron chi connectivity index (χ2n) is 5.21.